The van der Waals surface area contributed by atoms with Crippen LogP contribution in [0.1, 0.15) is 45.6 Å². The van der Waals surface area contributed by atoms with Gasteiger partial charge < -0.3 is 10.2 Å². The standard InChI is InChI=1S/C16H26O4S/c1-4-5-15(17)16(18)11-8-13-6-9-14(10-7-13)21(19,20)12(2)3/h6-7,9-10,12,15-18H,4-5,8,11H2,1-3H3. The Balaban J connectivity index is 2.64. The quantitative estimate of drug-likeness (QED) is 0.772. The van der Waals surface area contributed by atoms with E-state index in [1.165, 1.54) is 0 Å². The van der Waals surface area contributed by atoms with Gasteiger partial charge in [-0.2, -0.15) is 0 Å². The van der Waals surface area contributed by atoms with E-state index in [1.54, 1.807) is 38.1 Å². The van der Waals surface area contributed by atoms with E-state index in [-0.39, 0.29) is 0 Å². The summed E-state index contributed by atoms with van der Waals surface area (Å²) in [6.45, 7) is 5.28. The molecule has 0 saturated carbocycles. The third-order valence-electron chi connectivity index (χ3n) is 3.63. The third-order valence-corrected chi connectivity index (χ3v) is 5.80. The summed E-state index contributed by atoms with van der Waals surface area (Å²) in [5.74, 6) is 0. The number of benzene rings is 1. The van der Waals surface area contributed by atoms with Crippen LogP contribution in [-0.4, -0.2) is 36.1 Å². The van der Waals surface area contributed by atoms with Crippen molar-refractivity contribution in [3.8, 4) is 0 Å². The Morgan fingerprint density at radius 1 is 1.00 bits per heavy atom. The molecule has 0 saturated heterocycles. The third kappa shape index (κ3) is 5.09. The summed E-state index contributed by atoms with van der Waals surface area (Å²) in [5.41, 5.74) is 0.959. The molecule has 1 aromatic rings. The average molecular weight is 314 g/mol. The van der Waals surface area contributed by atoms with E-state index >= 15 is 0 Å². The fraction of sp³-hybridized carbons (Fsp3) is 0.625. The first-order chi connectivity index (χ1) is 9.78. The Bertz CT molecular complexity index is 520. The summed E-state index contributed by atoms with van der Waals surface area (Å²) < 4.78 is 24.0. The van der Waals surface area contributed by atoms with Crippen LogP contribution in [0.4, 0.5) is 0 Å². The average Bonchev–Trinajstić information content (AvgIpc) is 2.45. The molecule has 2 atom stereocenters. The molecule has 5 heteroatoms. The van der Waals surface area contributed by atoms with Crippen LogP contribution in [-0.2, 0) is 16.3 Å². The predicted molar refractivity (Wildman–Crippen MR) is 84.0 cm³/mol. The molecule has 21 heavy (non-hydrogen) atoms. The Kier molecular flexibility index (Phi) is 6.84. The number of aliphatic hydroxyl groups is 2. The number of aryl methyl sites for hydroxylation is 1. The maximum Gasteiger partial charge on any atom is 0.180 e. The van der Waals surface area contributed by atoms with Crippen LogP contribution in [0.3, 0.4) is 0 Å². The molecule has 1 aromatic carbocycles. The van der Waals surface area contributed by atoms with Crippen molar-refractivity contribution in [1.82, 2.24) is 0 Å². The minimum atomic E-state index is -3.24. The zero-order valence-corrected chi connectivity index (χ0v) is 13.8. The highest BCUT2D eigenvalue weighted by molar-refractivity contribution is 7.92. The number of aliphatic hydroxyl groups excluding tert-OH is 2. The van der Waals surface area contributed by atoms with Gasteiger partial charge in [0.1, 0.15) is 0 Å². The molecule has 0 amide bonds. The number of hydrogen-bond donors (Lipinski definition) is 2. The van der Waals surface area contributed by atoms with Crippen molar-refractivity contribution in [3.63, 3.8) is 0 Å². The van der Waals surface area contributed by atoms with E-state index < -0.39 is 27.3 Å². The first kappa shape index (κ1) is 18.1. The molecule has 1 rings (SSSR count). The van der Waals surface area contributed by atoms with Crippen molar-refractivity contribution in [2.45, 2.75) is 68.8 Å². The van der Waals surface area contributed by atoms with E-state index in [0.717, 1.165) is 12.0 Å². The van der Waals surface area contributed by atoms with Crippen molar-refractivity contribution in [2.75, 3.05) is 0 Å². The molecule has 0 radical (unpaired) electrons. The zero-order chi connectivity index (χ0) is 16.0. The highest BCUT2D eigenvalue weighted by Crippen LogP contribution is 2.18. The fourth-order valence-corrected chi connectivity index (χ4v) is 3.17. The van der Waals surface area contributed by atoms with Gasteiger partial charge >= 0.3 is 0 Å². The molecule has 120 valence electrons. The lowest BCUT2D eigenvalue weighted by Crippen LogP contribution is -2.26. The lowest BCUT2D eigenvalue weighted by Gasteiger charge is -2.17. The molecular weight excluding hydrogens is 288 g/mol. The smallest absolute Gasteiger partial charge is 0.180 e. The molecule has 0 spiro atoms. The van der Waals surface area contributed by atoms with Gasteiger partial charge in [0.15, 0.2) is 9.84 Å². The van der Waals surface area contributed by atoms with Crippen LogP contribution in [0.2, 0.25) is 0 Å². The second kappa shape index (κ2) is 7.92. The molecular formula is C16H26O4S. The summed E-state index contributed by atoms with van der Waals surface area (Å²) in [6, 6.07) is 6.77. The van der Waals surface area contributed by atoms with Gasteiger partial charge in [-0.1, -0.05) is 25.5 Å². The minimum Gasteiger partial charge on any atom is -0.390 e. The SMILES string of the molecule is CCCC(O)C(O)CCc1ccc(S(=O)(=O)C(C)C)cc1. The first-order valence-electron chi connectivity index (χ1n) is 7.48. The van der Waals surface area contributed by atoms with Gasteiger partial charge in [0.05, 0.1) is 22.4 Å². The van der Waals surface area contributed by atoms with Crippen LogP contribution in [0.25, 0.3) is 0 Å². The van der Waals surface area contributed by atoms with E-state index in [1.807, 2.05) is 6.92 Å². The van der Waals surface area contributed by atoms with Gasteiger partial charge in [-0.15, -0.1) is 0 Å². The van der Waals surface area contributed by atoms with Gasteiger partial charge in [-0.25, -0.2) is 8.42 Å². The van der Waals surface area contributed by atoms with Crippen molar-refractivity contribution in [3.05, 3.63) is 29.8 Å². The molecule has 0 fully saturated rings. The second-order valence-corrected chi connectivity index (χ2v) is 8.20. The monoisotopic (exact) mass is 314 g/mol. The first-order valence-corrected chi connectivity index (χ1v) is 9.02. The van der Waals surface area contributed by atoms with Crippen LogP contribution < -0.4 is 0 Å². The number of hydrogen-bond acceptors (Lipinski definition) is 4. The Morgan fingerprint density at radius 2 is 1.52 bits per heavy atom. The lowest BCUT2D eigenvalue weighted by molar-refractivity contribution is 0.00981. The van der Waals surface area contributed by atoms with Crippen molar-refractivity contribution in [2.24, 2.45) is 0 Å². The van der Waals surface area contributed by atoms with Gasteiger partial charge in [-0.3, -0.25) is 0 Å². The fourth-order valence-electron chi connectivity index (χ4n) is 2.11. The molecule has 0 aliphatic rings. The molecule has 0 bridgehead atoms. The topological polar surface area (TPSA) is 74.6 Å². The second-order valence-electron chi connectivity index (χ2n) is 5.70. The van der Waals surface area contributed by atoms with Crippen molar-refractivity contribution >= 4 is 9.84 Å². The van der Waals surface area contributed by atoms with Crippen LogP contribution >= 0.6 is 0 Å². The van der Waals surface area contributed by atoms with E-state index in [4.69, 9.17) is 0 Å². The number of rotatable bonds is 8. The van der Waals surface area contributed by atoms with E-state index in [9.17, 15) is 18.6 Å². The summed E-state index contributed by atoms with van der Waals surface area (Å²) in [6.07, 6.45) is 1.09. The normalized spacial score (nSPS) is 15.1. The molecule has 0 aromatic heterocycles. The minimum absolute atomic E-state index is 0.327. The van der Waals surface area contributed by atoms with Gasteiger partial charge in [0.25, 0.3) is 0 Å². The van der Waals surface area contributed by atoms with Crippen molar-refractivity contribution in [1.29, 1.82) is 0 Å². The van der Waals surface area contributed by atoms with Crippen LogP contribution in [0.5, 0.6) is 0 Å². The van der Waals surface area contributed by atoms with Crippen LogP contribution in [0.15, 0.2) is 29.2 Å². The molecule has 4 nitrogen and oxygen atoms in total. The van der Waals surface area contributed by atoms with E-state index in [0.29, 0.717) is 24.2 Å². The van der Waals surface area contributed by atoms with Gasteiger partial charge in [0, 0.05) is 0 Å². The lowest BCUT2D eigenvalue weighted by atomic mass is 10.0. The molecule has 2 N–H and O–H groups in total. The molecule has 0 aliphatic carbocycles. The highest BCUT2D eigenvalue weighted by Gasteiger charge is 2.19. The Labute approximate surface area is 127 Å². The van der Waals surface area contributed by atoms with E-state index in [2.05, 4.69) is 0 Å². The maximum atomic E-state index is 12.0. The van der Waals surface area contributed by atoms with Crippen LogP contribution in [0, 0.1) is 0 Å². The van der Waals surface area contributed by atoms with Crippen molar-refractivity contribution < 1.29 is 18.6 Å². The Hall–Kier alpha value is -0.910. The highest BCUT2D eigenvalue weighted by atomic mass is 32.2. The largest absolute Gasteiger partial charge is 0.390 e. The number of sulfone groups is 1. The zero-order valence-electron chi connectivity index (χ0n) is 13.0. The van der Waals surface area contributed by atoms with Gasteiger partial charge in [0.2, 0.25) is 0 Å². The maximum absolute atomic E-state index is 12.0. The molecule has 2 unspecified atom stereocenters. The van der Waals surface area contributed by atoms with Gasteiger partial charge in [-0.05, 0) is 50.8 Å². The predicted octanol–water partition coefficient (Wildman–Crippen LogP) is 2.32. The summed E-state index contributed by atoms with van der Waals surface area (Å²) in [5, 5.41) is 19.1. The molecule has 0 aliphatic heterocycles. The molecule has 0 heterocycles. The summed E-state index contributed by atoms with van der Waals surface area (Å²) >= 11 is 0. The summed E-state index contributed by atoms with van der Waals surface area (Å²) in [7, 11) is -3.24. The Morgan fingerprint density at radius 3 is 2.00 bits per heavy atom. The summed E-state index contributed by atoms with van der Waals surface area (Å²) in [4.78, 5) is 0.327.